The zero-order valence-corrected chi connectivity index (χ0v) is 9.31. The number of hydrogen-bond acceptors (Lipinski definition) is 5. The summed E-state index contributed by atoms with van der Waals surface area (Å²) in [6, 6.07) is 1.69. The van der Waals surface area contributed by atoms with E-state index in [1.165, 1.54) is 0 Å². The highest BCUT2D eigenvalue weighted by molar-refractivity contribution is 7.99. The molecule has 0 radical (unpaired) electrons. The molecule has 82 valence electrons. The van der Waals surface area contributed by atoms with E-state index in [-0.39, 0.29) is 4.92 Å². The molecule has 1 unspecified atom stereocenters. The number of nitrogens with zero attached hydrogens (tertiary/aromatic N) is 3. The van der Waals surface area contributed by atoms with Gasteiger partial charge in [-0.05, 0) is 24.2 Å². The van der Waals surface area contributed by atoms with Gasteiger partial charge in [-0.25, -0.2) is 9.97 Å². The summed E-state index contributed by atoms with van der Waals surface area (Å²) in [6.45, 7) is 2.01. The summed E-state index contributed by atoms with van der Waals surface area (Å²) in [5.74, 6) is 0. The molecule has 1 atom stereocenters. The smallest absolute Gasteiger partial charge is 0.263 e. The van der Waals surface area contributed by atoms with Crippen molar-refractivity contribution in [1.29, 1.82) is 0 Å². The van der Waals surface area contributed by atoms with Gasteiger partial charge in [0.05, 0.1) is 0 Å². The van der Waals surface area contributed by atoms with Gasteiger partial charge < -0.3 is 0 Å². The van der Waals surface area contributed by atoms with Crippen LogP contribution in [0.25, 0.3) is 0 Å². The molecular weight excluding hydrogens is 214 g/mol. The normalized spacial score (nSPS) is 12.3. The van der Waals surface area contributed by atoms with Crippen molar-refractivity contribution in [1.82, 2.24) is 9.97 Å². The summed E-state index contributed by atoms with van der Waals surface area (Å²) in [5.41, 5.74) is 0. The summed E-state index contributed by atoms with van der Waals surface area (Å²) in [7, 11) is 0. The van der Waals surface area contributed by atoms with Crippen LogP contribution in [0.2, 0.25) is 0 Å². The highest BCUT2D eigenvalue weighted by atomic mass is 32.2. The average Bonchev–Trinajstić information content (AvgIpc) is 2.25. The molecule has 0 spiro atoms. The summed E-state index contributed by atoms with van der Waals surface area (Å²) < 4.78 is 0. The average molecular weight is 227 g/mol. The lowest BCUT2D eigenvalue weighted by Gasteiger charge is -2.06. The molecule has 0 saturated carbocycles. The lowest BCUT2D eigenvalue weighted by molar-refractivity contribution is -0.496. The van der Waals surface area contributed by atoms with E-state index in [9.17, 15) is 10.1 Å². The van der Waals surface area contributed by atoms with Crippen LogP contribution in [0.1, 0.15) is 26.2 Å². The number of rotatable bonds is 6. The maximum atomic E-state index is 10.7. The van der Waals surface area contributed by atoms with Crippen LogP contribution < -0.4 is 0 Å². The van der Waals surface area contributed by atoms with Gasteiger partial charge in [0.15, 0.2) is 5.16 Å². The van der Waals surface area contributed by atoms with E-state index in [4.69, 9.17) is 0 Å². The summed E-state index contributed by atoms with van der Waals surface area (Å²) in [6.07, 6.45) is 5.55. The molecule has 1 rings (SSSR count). The van der Waals surface area contributed by atoms with E-state index in [1.807, 2.05) is 6.92 Å². The fraction of sp³-hybridized carbons (Fsp3) is 0.556. The fourth-order valence-electron chi connectivity index (χ4n) is 1.05. The molecule has 1 aromatic rings. The van der Waals surface area contributed by atoms with Crippen LogP contribution in [0, 0.1) is 10.1 Å². The van der Waals surface area contributed by atoms with Gasteiger partial charge in [-0.15, -0.1) is 0 Å². The molecule has 0 saturated heterocycles. The minimum absolute atomic E-state index is 0.267. The zero-order valence-electron chi connectivity index (χ0n) is 8.50. The first-order valence-electron chi connectivity index (χ1n) is 4.81. The van der Waals surface area contributed by atoms with Crippen molar-refractivity contribution < 1.29 is 4.92 Å². The number of hydrogen-bond donors (Lipinski definition) is 0. The van der Waals surface area contributed by atoms with E-state index in [0.29, 0.717) is 11.6 Å². The minimum atomic E-state index is -0.632. The molecule has 0 amide bonds. The van der Waals surface area contributed by atoms with Gasteiger partial charge in [0.2, 0.25) is 0 Å². The van der Waals surface area contributed by atoms with E-state index < -0.39 is 5.37 Å². The molecule has 0 fully saturated rings. The quantitative estimate of drug-likeness (QED) is 0.245. The third-order valence-corrected chi connectivity index (χ3v) is 2.92. The Hall–Kier alpha value is -1.17. The van der Waals surface area contributed by atoms with Crippen molar-refractivity contribution in [2.45, 2.75) is 36.7 Å². The number of unbranched alkanes of at least 4 members (excludes halogenated alkanes) is 1. The Morgan fingerprint density at radius 2 is 2.20 bits per heavy atom. The van der Waals surface area contributed by atoms with Crippen molar-refractivity contribution in [3.05, 3.63) is 28.6 Å². The molecule has 15 heavy (non-hydrogen) atoms. The molecule has 0 aliphatic carbocycles. The van der Waals surface area contributed by atoms with Gasteiger partial charge in [-0.3, -0.25) is 10.1 Å². The van der Waals surface area contributed by atoms with Crippen LogP contribution in [0.3, 0.4) is 0 Å². The largest absolute Gasteiger partial charge is 0.265 e. The van der Waals surface area contributed by atoms with Gasteiger partial charge >= 0.3 is 0 Å². The standard InChI is InChI=1S/C9H13N3O2S/c1-2-3-5-8(12(13)14)15-9-10-6-4-7-11-9/h4,6-8H,2-3,5H2,1H3. The van der Waals surface area contributed by atoms with Crippen molar-refractivity contribution in [3.8, 4) is 0 Å². The highest BCUT2D eigenvalue weighted by Crippen LogP contribution is 2.23. The molecule has 0 N–H and O–H groups in total. The first-order valence-corrected chi connectivity index (χ1v) is 5.69. The molecular formula is C9H13N3O2S. The predicted molar refractivity (Wildman–Crippen MR) is 58.2 cm³/mol. The third kappa shape index (κ3) is 4.24. The second-order valence-corrected chi connectivity index (χ2v) is 4.18. The van der Waals surface area contributed by atoms with E-state index in [0.717, 1.165) is 24.6 Å². The third-order valence-electron chi connectivity index (χ3n) is 1.82. The Morgan fingerprint density at radius 1 is 1.53 bits per heavy atom. The van der Waals surface area contributed by atoms with Crippen LogP contribution >= 0.6 is 11.8 Å². The maximum Gasteiger partial charge on any atom is 0.265 e. The van der Waals surface area contributed by atoms with Crippen LogP contribution in [0.4, 0.5) is 0 Å². The Kier molecular flexibility index (Phi) is 5.03. The van der Waals surface area contributed by atoms with Gasteiger partial charge in [-0.2, -0.15) is 0 Å². The van der Waals surface area contributed by atoms with Crippen molar-refractivity contribution >= 4 is 11.8 Å². The monoisotopic (exact) mass is 227 g/mol. The maximum absolute atomic E-state index is 10.7. The molecule has 0 aliphatic rings. The Balaban J connectivity index is 2.55. The Morgan fingerprint density at radius 3 is 2.73 bits per heavy atom. The van der Waals surface area contributed by atoms with Gasteiger partial charge in [0.1, 0.15) is 0 Å². The minimum Gasteiger partial charge on any atom is -0.263 e. The van der Waals surface area contributed by atoms with Gasteiger partial charge in [0.25, 0.3) is 5.37 Å². The van der Waals surface area contributed by atoms with Crippen molar-refractivity contribution in [2.24, 2.45) is 0 Å². The second-order valence-electron chi connectivity index (χ2n) is 3.03. The van der Waals surface area contributed by atoms with Crippen LogP contribution in [0.15, 0.2) is 23.6 Å². The molecule has 0 aliphatic heterocycles. The summed E-state index contributed by atoms with van der Waals surface area (Å²) in [4.78, 5) is 18.4. The number of aromatic nitrogens is 2. The first-order chi connectivity index (χ1) is 7.24. The SMILES string of the molecule is CCCCC(Sc1ncccn1)[N+](=O)[O-]. The van der Waals surface area contributed by atoms with Crippen LogP contribution in [-0.4, -0.2) is 20.3 Å². The molecule has 0 aromatic carbocycles. The predicted octanol–water partition coefficient (Wildman–Crippen LogP) is 2.36. The summed E-state index contributed by atoms with van der Waals surface area (Å²) in [5, 5.41) is 10.6. The van der Waals surface area contributed by atoms with Crippen molar-refractivity contribution in [3.63, 3.8) is 0 Å². The lowest BCUT2D eigenvalue weighted by Crippen LogP contribution is -2.15. The Labute approximate surface area is 92.5 Å². The topological polar surface area (TPSA) is 68.9 Å². The highest BCUT2D eigenvalue weighted by Gasteiger charge is 2.21. The molecule has 1 aromatic heterocycles. The van der Waals surface area contributed by atoms with Gasteiger partial charge in [-0.1, -0.05) is 13.3 Å². The van der Waals surface area contributed by atoms with Crippen LogP contribution in [-0.2, 0) is 0 Å². The lowest BCUT2D eigenvalue weighted by atomic mass is 10.2. The fourth-order valence-corrected chi connectivity index (χ4v) is 1.91. The second kappa shape index (κ2) is 6.34. The number of nitro groups is 1. The van der Waals surface area contributed by atoms with E-state index >= 15 is 0 Å². The van der Waals surface area contributed by atoms with Crippen LogP contribution in [0.5, 0.6) is 0 Å². The summed E-state index contributed by atoms with van der Waals surface area (Å²) >= 11 is 1.12. The zero-order chi connectivity index (χ0) is 11.1. The van der Waals surface area contributed by atoms with E-state index in [2.05, 4.69) is 9.97 Å². The first kappa shape index (κ1) is 11.9. The molecule has 0 bridgehead atoms. The Bertz CT molecular complexity index is 307. The number of thioether (sulfide) groups is 1. The van der Waals surface area contributed by atoms with E-state index in [1.54, 1.807) is 18.5 Å². The molecule has 6 heteroatoms. The molecule has 1 heterocycles. The molecule has 5 nitrogen and oxygen atoms in total. The van der Waals surface area contributed by atoms with Crippen molar-refractivity contribution in [2.75, 3.05) is 0 Å². The van der Waals surface area contributed by atoms with Gasteiger partial charge in [0, 0.05) is 23.7 Å².